The van der Waals surface area contributed by atoms with Crippen LogP contribution in [0.5, 0.6) is 0 Å². The maximum absolute atomic E-state index is 11.7. The molecule has 0 aromatic carbocycles. The van der Waals surface area contributed by atoms with Crippen LogP contribution >= 0.6 is 0 Å². The third-order valence-corrected chi connectivity index (χ3v) is 7.92. The van der Waals surface area contributed by atoms with Crippen LogP contribution in [-0.4, -0.2) is 171 Å². The average Bonchev–Trinajstić information content (AvgIpc) is 3.20. The number of hydrogen-bond donors (Lipinski definition) is 0. The Morgan fingerprint density at radius 2 is 0.429 bits per heavy atom. The number of hydrogen-bond acceptors (Lipinski definition) is 15. The molecule has 0 atom stereocenters. The van der Waals surface area contributed by atoms with E-state index in [4.69, 9.17) is 61.6 Å². The van der Waals surface area contributed by atoms with Crippen molar-refractivity contribution in [2.75, 3.05) is 159 Å². The Morgan fingerprint density at radius 1 is 0.250 bits per heavy atom. The summed E-state index contributed by atoms with van der Waals surface area (Å²) >= 11 is 0. The van der Waals surface area contributed by atoms with Crippen molar-refractivity contribution in [3.63, 3.8) is 0 Å². The third kappa shape index (κ3) is 48.6. The van der Waals surface area contributed by atoms with Gasteiger partial charge in [0.15, 0.2) is 0 Å². The first-order valence-electron chi connectivity index (χ1n) is 21.4. The minimum atomic E-state index is -0.150. The normalized spacial score (nSPS) is 11.4. The van der Waals surface area contributed by atoms with E-state index in [1.165, 1.54) is 44.9 Å². The summed E-state index contributed by atoms with van der Waals surface area (Å²) in [6, 6.07) is 0. The number of esters is 2. The summed E-state index contributed by atoms with van der Waals surface area (Å²) < 4.78 is 70.5. The molecule has 0 aliphatic rings. The minimum absolute atomic E-state index is 0.147. The van der Waals surface area contributed by atoms with Gasteiger partial charge in [0.25, 0.3) is 0 Å². The van der Waals surface area contributed by atoms with Gasteiger partial charge >= 0.3 is 11.9 Å². The third-order valence-electron chi connectivity index (χ3n) is 7.92. The number of carbonyl (C=O) groups is 2. The van der Waals surface area contributed by atoms with Crippen LogP contribution in [0.15, 0.2) is 0 Å². The molecule has 0 aliphatic heterocycles. The number of carbonyl (C=O) groups excluding carboxylic acids is 2. The van der Waals surface area contributed by atoms with Crippen molar-refractivity contribution in [2.24, 2.45) is 0 Å². The minimum Gasteiger partial charge on any atom is -0.463 e. The Labute approximate surface area is 338 Å². The topological polar surface area (TPSA) is 154 Å². The van der Waals surface area contributed by atoms with Crippen LogP contribution < -0.4 is 0 Å². The Kier molecular flexibility index (Phi) is 48.3. The molecule has 0 amide bonds. The molecule has 0 fully saturated rings. The maximum atomic E-state index is 11.7. The van der Waals surface area contributed by atoms with Gasteiger partial charge in [-0.05, 0) is 12.8 Å². The van der Waals surface area contributed by atoms with Gasteiger partial charge in [-0.3, -0.25) is 9.59 Å². The van der Waals surface area contributed by atoms with Gasteiger partial charge in [-0.25, -0.2) is 0 Å². The first-order valence-corrected chi connectivity index (χ1v) is 21.4. The van der Waals surface area contributed by atoms with Crippen molar-refractivity contribution in [1.82, 2.24) is 0 Å². The zero-order valence-electron chi connectivity index (χ0n) is 35.3. The molecule has 0 spiro atoms. The molecule has 0 aromatic heterocycles. The lowest BCUT2D eigenvalue weighted by molar-refractivity contribution is -0.146. The lowest BCUT2D eigenvalue weighted by atomic mass is 10.1. The molecule has 15 nitrogen and oxygen atoms in total. The van der Waals surface area contributed by atoms with E-state index < -0.39 is 0 Å². The summed E-state index contributed by atoms with van der Waals surface area (Å²) in [5.41, 5.74) is 0. The van der Waals surface area contributed by atoms with Crippen LogP contribution in [0.25, 0.3) is 0 Å². The Hall–Kier alpha value is -1.50. The zero-order chi connectivity index (χ0) is 40.5. The van der Waals surface area contributed by atoms with E-state index in [1.807, 2.05) is 0 Å². The first-order chi connectivity index (χ1) is 27.7. The standard InChI is InChI=1S/C41H80O15/c1-3-5-7-9-11-13-15-41(43)56-39-37-54-35-33-52-31-29-50-27-25-48-23-21-46-19-17-44-16-18-45-20-22-47-24-26-49-28-30-51-32-34-53-36-38-55-40(42)14-12-10-8-6-4-2/h3-39H2,1-2H3. The number of ether oxygens (including phenoxy) is 13. The lowest BCUT2D eigenvalue weighted by Crippen LogP contribution is -2.16. The first kappa shape index (κ1) is 54.5. The summed E-state index contributed by atoms with van der Waals surface area (Å²) in [5, 5.41) is 0. The fourth-order valence-corrected chi connectivity index (χ4v) is 4.80. The molecule has 0 unspecified atom stereocenters. The average molecular weight is 813 g/mol. The van der Waals surface area contributed by atoms with Crippen LogP contribution in [0.4, 0.5) is 0 Å². The molecule has 334 valence electrons. The van der Waals surface area contributed by atoms with Crippen LogP contribution in [-0.2, 0) is 71.2 Å². The van der Waals surface area contributed by atoms with Gasteiger partial charge in [0.05, 0.1) is 145 Å². The summed E-state index contributed by atoms with van der Waals surface area (Å²) in [5.74, 6) is -0.297. The second-order valence-electron chi connectivity index (χ2n) is 12.9. The highest BCUT2D eigenvalue weighted by Gasteiger charge is 2.04. The highest BCUT2D eigenvalue weighted by Crippen LogP contribution is 2.08. The van der Waals surface area contributed by atoms with E-state index in [9.17, 15) is 9.59 Å². The van der Waals surface area contributed by atoms with Crippen LogP contribution in [0, 0.1) is 0 Å². The van der Waals surface area contributed by atoms with E-state index >= 15 is 0 Å². The molecule has 0 rings (SSSR count). The zero-order valence-corrected chi connectivity index (χ0v) is 35.3. The molecule has 0 aromatic rings. The van der Waals surface area contributed by atoms with E-state index in [0.29, 0.717) is 158 Å². The number of rotatable bonds is 49. The second kappa shape index (κ2) is 49.6. The predicted molar refractivity (Wildman–Crippen MR) is 212 cm³/mol. The molecule has 0 heterocycles. The Balaban J connectivity index is 3.12. The molecule has 0 aliphatic carbocycles. The van der Waals surface area contributed by atoms with Gasteiger partial charge in [0, 0.05) is 12.8 Å². The van der Waals surface area contributed by atoms with Crippen molar-refractivity contribution >= 4 is 11.9 Å². The smallest absolute Gasteiger partial charge is 0.305 e. The van der Waals surface area contributed by atoms with Crippen molar-refractivity contribution in [3.8, 4) is 0 Å². The molecule has 0 N–H and O–H groups in total. The SMILES string of the molecule is CCCCCCCCC(=O)OCCOCCOCCOCCOCCOCCOCCOCCOCCOCCOCCOCCOC(=O)CCCCCCC. The van der Waals surface area contributed by atoms with Crippen LogP contribution in [0.3, 0.4) is 0 Å². The van der Waals surface area contributed by atoms with Gasteiger partial charge < -0.3 is 61.6 Å². The van der Waals surface area contributed by atoms with E-state index in [-0.39, 0.29) is 25.2 Å². The fraction of sp³-hybridized carbons (Fsp3) is 0.951. The van der Waals surface area contributed by atoms with E-state index in [1.54, 1.807) is 0 Å². The highest BCUT2D eigenvalue weighted by atomic mass is 16.6. The van der Waals surface area contributed by atoms with Gasteiger partial charge in [-0.15, -0.1) is 0 Å². The lowest BCUT2D eigenvalue weighted by Gasteiger charge is -2.09. The summed E-state index contributed by atoms with van der Waals surface area (Å²) in [7, 11) is 0. The number of unbranched alkanes of at least 4 members (excludes halogenated alkanes) is 9. The van der Waals surface area contributed by atoms with Crippen LogP contribution in [0.1, 0.15) is 97.3 Å². The summed E-state index contributed by atoms with van der Waals surface area (Å²) in [6.45, 7) is 15.3. The quantitative estimate of drug-likeness (QED) is 0.0571. The molecule has 15 heteroatoms. The van der Waals surface area contributed by atoms with E-state index in [2.05, 4.69) is 13.8 Å². The van der Waals surface area contributed by atoms with Crippen molar-refractivity contribution in [2.45, 2.75) is 97.3 Å². The second-order valence-corrected chi connectivity index (χ2v) is 12.9. The van der Waals surface area contributed by atoms with E-state index in [0.717, 1.165) is 25.7 Å². The molecular weight excluding hydrogens is 732 g/mol. The largest absolute Gasteiger partial charge is 0.463 e. The van der Waals surface area contributed by atoms with Crippen molar-refractivity contribution in [1.29, 1.82) is 0 Å². The molecule has 0 saturated carbocycles. The van der Waals surface area contributed by atoms with Gasteiger partial charge in [0.1, 0.15) is 13.2 Å². The van der Waals surface area contributed by atoms with Crippen molar-refractivity contribution in [3.05, 3.63) is 0 Å². The summed E-state index contributed by atoms with van der Waals surface area (Å²) in [4.78, 5) is 23.3. The molecular formula is C41H80O15. The molecule has 0 radical (unpaired) electrons. The Bertz CT molecular complexity index is 777. The fourth-order valence-electron chi connectivity index (χ4n) is 4.80. The predicted octanol–water partition coefficient (Wildman–Crippen LogP) is 5.37. The van der Waals surface area contributed by atoms with Crippen LogP contribution in [0.2, 0.25) is 0 Å². The molecule has 56 heavy (non-hydrogen) atoms. The van der Waals surface area contributed by atoms with Gasteiger partial charge in [0.2, 0.25) is 0 Å². The summed E-state index contributed by atoms with van der Waals surface area (Å²) in [6.07, 6.45) is 13.5. The Morgan fingerprint density at radius 3 is 0.643 bits per heavy atom. The van der Waals surface area contributed by atoms with Gasteiger partial charge in [-0.1, -0.05) is 71.6 Å². The monoisotopic (exact) mass is 813 g/mol. The van der Waals surface area contributed by atoms with Gasteiger partial charge in [-0.2, -0.15) is 0 Å². The van der Waals surface area contributed by atoms with Crippen molar-refractivity contribution < 1.29 is 71.2 Å². The highest BCUT2D eigenvalue weighted by molar-refractivity contribution is 5.69. The molecule has 0 saturated heterocycles. The molecule has 0 bridgehead atoms. The maximum Gasteiger partial charge on any atom is 0.305 e.